The van der Waals surface area contributed by atoms with Crippen molar-refractivity contribution in [1.82, 2.24) is 0 Å². The second-order valence-corrected chi connectivity index (χ2v) is 3.90. The fourth-order valence-electron chi connectivity index (χ4n) is 1.67. The van der Waals surface area contributed by atoms with E-state index in [-0.39, 0.29) is 5.97 Å². The normalized spacial score (nSPS) is 9.71. The van der Waals surface area contributed by atoms with E-state index in [1.54, 1.807) is 6.92 Å². The van der Waals surface area contributed by atoms with Gasteiger partial charge in [-0.25, -0.2) is 0 Å². The van der Waals surface area contributed by atoms with Gasteiger partial charge >= 0.3 is 5.97 Å². The van der Waals surface area contributed by atoms with Crippen molar-refractivity contribution in [3.63, 3.8) is 0 Å². The topological polar surface area (TPSA) is 50.1 Å². The molecule has 0 aromatic heterocycles. The van der Waals surface area contributed by atoms with E-state index >= 15 is 0 Å². The molecule has 0 aliphatic rings. The number of hydrogen-bond donors (Lipinski definition) is 0. The summed E-state index contributed by atoms with van der Waals surface area (Å²) in [7, 11) is 0. The molecule has 0 saturated heterocycles. The zero-order valence-corrected chi connectivity index (χ0v) is 10.3. The molecule has 0 N–H and O–H groups in total. The second-order valence-electron chi connectivity index (χ2n) is 3.90. The minimum Gasteiger partial charge on any atom is -0.466 e. The maximum Gasteiger partial charge on any atom is 0.310 e. The first-order chi connectivity index (χ1) is 8.17. The molecule has 0 saturated carbocycles. The van der Waals surface area contributed by atoms with Gasteiger partial charge in [-0.05, 0) is 37.0 Å². The van der Waals surface area contributed by atoms with E-state index in [4.69, 9.17) is 10.00 Å². The Balaban J connectivity index is 2.74. The van der Waals surface area contributed by atoms with E-state index in [9.17, 15) is 4.79 Å². The molecule has 0 fully saturated rings. The lowest BCUT2D eigenvalue weighted by atomic mass is 10.00. The quantitative estimate of drug-likeness (QED) is 0.732. The van der Waals surface area contributed by atoms with Crippen LogP contribution in [0.15, 0.2) is 18.2 Å². The van der Waals surface area contributed by atoms with Crippen LogP contribution in [0.25, 0.3) is 0 Å². The molecule has 1 aromatic carbocycles. The molecule has 0 radical (unpaired) electrons. The lowest BCUT2D eigenvalue weighted by Crippen LogP contribution is -2.08. The summed E-state index contributed by atoms with van der Waals surface area (Å²) in [6, 6.07) is 8.04. The van der Waals surface area contributed by atoms with Gasteiger partial charge in [0, 0.05) is 6.42 Å². The number of ether oxygens (including phenoxy) is 1. The first-order valence-electron chi connectivity index (χ1n) is 5.78. The molecule has 0 bridgehead atoms. The first kappa shape index (κ1) is 13.2. The summed E-state index contributed by atoms with van der Waals surface area (Å²) in [5.41, 5.74) is 3.24. The molecule has 3 heteroatoms. The van der Waals surface area contributed by atoms with Gasteiger partial charge in [0.1, 0.15) is 0 Å². The van der Waals surface area contributed by atoms with Gasteiger partial charge < -0.3 is 4.74 Å². The Morgan fingerprint density at radius 2 is 2.24 bits per heavy atom. The van der Waals surface area contributed by atoms with Gasteiger partial charge in [0.15, 0.2) is 0 Å². The van der Waals surface area contributed by atoms with Crippen LogP contribution in [0.4, 0.5) is 0 Å². The van der Waals surface area contributed by atoms with Crippen molar-refractivity contribution in [2.24, 2.45) is 0 Å². The Kier molecular flexibility index (Phi) is 5.22. The molecule has 0 unspecified atom stereocenters. The molecule has 3 nitrogen and oxygen atoms in total. The molecule has 0 heterocycles. The summed E-state index contributed by atoms with van der Waals surface area (Å²) in [5.74, 6) is -0.206. The molecule has 0 amide bonds. The standard InChI is InChI=1S/C14H17NO2/c1-3-17-14(16)10-12-7-6-11(2)13(9-12)5-4-8-15/h6-7,9H,3-5,10H2,1-2H3. The predicted octanol–water partition coefficient (Wildman–Crippen LogP) is 2.56. The molecule has 1 rings (SSSR count). The number of carbonyl (C=O) groups excluding carboxylic acids is 1. The number of nitrogens with zero attached hydrogens (tertiary/aromatic N) is 1. The van der Waals surface area contributed by atoms with Crippen LogP contribution >= 0.6 is 0 Å². The number of hydrogen-bond acceptors (Lipinski definition) is 3. The van der Waals surface area contributed by atoms with Gasteiger partial charge in [-0.2, -0.15) is 5.26 Å². The number of carbonyl (C=O) groups is 1. The van der Waals surface area contributed by atoms with Crippen LogP contribution in [-0.2, 0) is 22.4 Å². The highest BCUT2D eigenvalue weighted by atomic mass is 16.5. The SMILES string of the molecule is CCOC(=O)Cc1ccc(C)c(CCC#N)c1. The van der Waals surface area contributed by atoms with E-state index in [1.165, 1.54) is 0 Å². The number of benzene rings is 1. The summed E-state index contributed by atoms with van der Waals surface area (Å²) in [5, 5.41) is 8.58. The lowest BCUT2D eigenvalue weighted by molar-refractivity contribution is -0.142. The molecule has 0 aliphatic heterocycles. The largest absolute Gasteiger partial charge is 0.466 e. The smallest absolute Gasteiger partial charge is 0.310 e. The van der Waals surface area contributed by atoms with E-state index < -0.39 is 0 Å². The second kappa shape index (κ2) is 6.70. The lowest BCUT2D eigenvalue weighted by Gasteiger charge is -2.07. The van der Waals surface area contributed by atoms with Gasteiger partial charge in [0.25, 0.3) is 0 Å². The fourth-order valence-corrected chi connectivity index (χ4v) is 1.67. The highest BCUT2D eigenvalue weighted by Crippen LogP contribution is 2.14. The van der Waals surface area contributed by atoms with Crippen molar-refractivity contribution >= 4 is 5.97 Å². The summed E-state index contributed by atoms with van der Waals surface area (Å²) < 4.78 is 4.91. The predicted molar refractivity (Wildman–Crippen MR) is 65.5 cm³/mol. The van der Waals surface area contributed by atoms with Crippen LogP contribution in [0.5, 0.6) is 0 Å². The van der Waals surface area contributed by atoms with Crippen LogP contribution in [-0.4, -0.2) is 12.6 Å². The number of nitriles is 1. The van der Waals surface area contributed by atoms with Crippen molar-refractivity contribution in [1.29, 1.82) is 5.26 Å². The summed E-state index contributed by atoms with van der Waals surface area (Å²) in [6.07, 6.45) is 1.54. The van der Waals surface area contributed by atoms with Crippen molar-refractivity contribution < 1.29 is 9.53 Å². The maximum absolute atomic E-state index is 11.3. The molecule has 90 valence electrons. The summed E-state index contributed by atoms with van der Waals surface area (Å²) in [6.45, 7) is 4.22. The number of esters is 1. The molecule has 17 heavy (non-hydrogen) atoms. The monoisotopic (exact) mass is 231 g/mol. The van der Waals surface area contributed by atoms with E-state index in [1.807, 2.05) is 25.1 Å². The van der Waals surface area contributed by atoms with E-state index in [0.29, 0.717) is 19.4 Å². The van der Waals surface area contributed by atoms with Crippen molar-refractivity contribution in [3.05, 3.63) is 34.9 Å². The fraction of sp³-hybridized carbons (Fsp3) is 0.429. The van der Waals surface area contributed by atoms with Gasteiger partial charge in [0.05, 0.1) is 19.1 Å². The van der Waals surface area contributed by atoms with Crippen LogP contribution in [0.3, 0.4) is 0 Å². The molecular weight excluding hydrogens is 214 g/mol. The van der Waals surface area contributed by atoms with E-state index in [0.717, 1.165) is 23.1 Å². The average molecular weight is 231 g/mol. The average Bonchev–Trinajstić information content (AvgIpc) is 2.30. The van der Waals surface area contributed by atoms with Gasteiger partial charge in [-0.3, -0.25) is 4.79 Å². The molecule has 0 atom stereocenters. The highest BCUT2D eigenvalue weighted by molar-refractivity contribution is 5.72. The van der Waals surface area contributed by atoms with Crippen molar-refractivity contribution in [3.8, 4) is 6.07 Å². The Bertz CT molecular complexity index is 432. The zero-order chi connectivity index (χ0) is 12.7. The third-order valence-electron chi connectivity index (χ3n) is 2.57. The summed E-state index contributed by atoms with van der Waals surface area (Å²) in [4.78, 5) is 11.3. The zero-order valence-electron chi connectivity index (χ0n) is 10.3. The highest BCUT2D eigenvalue weighted by Gasteiger charge is 2.06. The van der Waals surface area contributed by atoms with Gasteiger partial charge in [-0.15, -0.1) is 0 Å². The maximum atomic E-state index is 11.3. The molecule has 0 aliphatic carbocycles. The van der Waals surface area contributed by atoms with Crippen LogP contribution in [0.2, 0.25) is 0 Å². The van der Waals surface area contributed by atoms with E-state index in [2.05, 4.69) is 6.07 Å². The first-order valence-corrected chi connectivity index (χ1v) is 5.78. The summed E-state index contributed by atoms with van der Waals surface area (Å²) >= 11 is 0. The Labute approximate surface area is 102 Å². The third-order valence-corrected chi connectivity index (χ3v) is 2.57. The van der Waals surface area contributed by atoms with Crippen molar-refractivity contribution in [2.75, 3.05) is 6.61 Å². The van der Waals surface area contributed by atoms with Crippen LogP contribution in [0.1, 0.15) is 30.0 Å². The molecular formula is C14H17NO2. The molecule has 1 aromatic rings. The van der Waals surface area contributed by atoms with Crippen LogP contribution < -0.4 is 0 Å². The number of rotatable bonds is 5. The minimum absolute atomic E-state index is 0.206. The Morgan fingerprint density at radius 1 is 1.47 bits per heavy atom. The number of aryl methyl sites for hydroxylation is 2. The van der Waals surface area contributed by atoms with Gasteiger partial charge in [-0.1, -0.05) is 18.2 Å². The van der Waals surface area contributed by atoms with Crippen molar-refractivity contribution in [2.45, 2.75) is 33.1 Å². The third kappa shape index (κ3) is 4.28. The minimum atomic E-state index is -0.206. The van der Waals surface area contributed by atoms with Crippen LogP contribution in [0, 0.1) is 18.3 Å². The molecule has 0 spiro atoms. The Hall–Kier alpha value is -1.82. The Morgan fingerprint density at radius 3 is 2.88 bits per heavy atom. The van der Waals surface area contributed by atoms with Gasteiger partial charge in [0.2, 0.25) is 0 Å².